The largest absolute Gasteiger partial charge is 0.378 e. The maximum absolute atomic E-state index is 12.6. The molecule has 2 amide bonds. The summed E-state index contributed by atoms with van der Waals surface area (Å²) in [6.07, 6.45) is 0. The zero-order chi connectivity index (χ0) is 19.7. The average molecular weight is 384 g/mol. The van der Waals surface area contributed by atoms with Gasteiger partial charge in [-0.15, -0.1) is 0 Å². The first-order valence-corrected chi connectivity index (χ1v) is 9.99. The molecular formula is C21H28N4O3. The highest BCUT2D eigenvalue weighted by atomic mass is 16.5. The zero-order valence-corrected chi connectivity index (χ0v) is 16.7. The third-order valence-corrected chi connectivity index (χ3v) is 5.78. The van der Waals surface area contributed by atoms with E-state index in [4.69, 9.17) is 4.74 Å². The number of aromatic nitrogens is 1. The van der Waals surface area contributed by atoms with Crippen LogP contribution in [0.1, 0.15) is 16.8 Å². The van der Waals surface area contributed by atoms with Crippen molar-refractivity contribution in [3.63, 3.8) is 0 Å². The molecule has 1 aromatic carbocycles. The zero-order valence-electron chi connectivity index (χ0n) is 16.7. The summed E-state index contributed by atoms with van der Waals surface area (Å²) in [4.78, 5) is 34.8. The average Bonchev–Trinajstić information content (AvgIpc) is 2.71. The summed E-state index contributed by atoms with van der Waals surface area (Å²) >= 11 is 0. The maximum atomic E-state index is 12.6. The van der Waals surface area contributed by atoms with E-state index in [1.807, 2.05) is 35.8 Å². The molecule has 2 aliphatic heterocycles. The number of aromatic amines is 1. The first kappa shape index (κ1) is 19.0. The summed E-state index contributed by atoms with van der Waals surface area (Å²) in [6.45, 7) is 10.3. The third kappa shape index (κ3) is 3.77. The number of fused-ring (bicyclic) bond motifs is 1. The van der Waals surface area contributed by atoms with E-state index >= 15 is 0 Å². The number of morpholine rings is 1. The lowest BCUT2D eigenvalue weighted by atomic mass is 10.0. The number of benzene rings is 1. The molecule has 28 heavy (non-hydrogen) atoms. The second kappa shape index (κ2) is 7.93. The number of urea groups is 1. The highest BCUT2D eigenvalue weighted by molar-refractivity contribution is 5.84. The standard InChI is InChI=1S/C21H28N4O3/c1-15-3-4-16(2)20-19(15)18(26)13-17(22-20)14-23-5-7-24(8-6-23)21(27)25-9-11-28-12-10-25/h3-4,13H,5-12,14H2,1-2H3,(H,22,26). The Bertz CT molecular complexity index is 925. The molecule has 1 aromatic heterocycles. The molecule has 0 saturated carbocycles. The molecular weight excluding hydrogens is 356 g/mol. The summed E-state index contributed by atoms with van der Waals surface area (Å²) in [5.41, 5.74) is 4.03. The Morgan fingerprint density at radius 3 is 2.36 bits per heavy atom. The lowest BCUT2D eigenvalue weighted by Crippen LogP contribution is -2.54. The van der Waals surface area contributed by atoms with E-state index in [-0.39, 0.29) is 11.5 Å². The molecule has 4 rings (SSSR count). The van der Waals surface area contributed by atoms with Crippen molar-refractivity contribution in [3.8, 4) is 0 Å². The first-order chi connectivity index (χ1) is 13.5. The SMILES string of the molecule is Cc1ccc(C)c2c(=O)cc(CN3CCN(C(=O)N4CCOCC4)CC3)[nH]c12. The molecule has 0 spiro atoms. The monoisotopic (exact) mass is 384 g/mol. The van der Waals surface area contributed by atoms with Crippen LogP contribution in [0.4, 0.5) is 4.79 Å². The second-order valence-electron chi connectivity index (χ2n) is 7.75. The number of pyridine rings is 1. The van der Waals surface area contributed by atoms with Crippen LogP contribution in [-0.4, -0.2) is 78.2 Å². The van der Waals surface area contributed by atoms with Crippen LogP contribution in [0.2, 0.25) is 0 Å². The predicted molar refractivity (Wildman–Crippen MR) is 109 cm³/mol. The van der Waals surface area contributed by atoms with E-state index in [0.29, 0.717) is 45.9 Å². The van der Waals surface area contributed by atoms with Crippen LogP contribution in [0.15, 0.2) is 23.0 Å². The summed E-state index contributed by atoms with van der Waals surface area (Å²) in [6, 6.07) is 5.89. The van der Waals surface area contributed by atoms with Crippen molar-refractivity contribution in [1.82, 2.24) is 19.7 Å². The number of hydrogen-bond donors (Lipinski definition) is 1. The third-order valence-electron chi connectivity index (χ3n) is 5.78. The Balaban J connectivity index is 1.42. The normalized spacial score (nSPS) is 18.6. The predicted octanol–water partition coefficient (Wildman–Crippen LogP) is 1.71. The molecule has 1 N–H and O–H groups in total. The quantitative estimate of drug-likeness (QED) is 0.856. The molecule has 150 valence electrons. The minimum atomic E-state index is 0.0751. The van der Waals surface area contributed by atoms with Crippen molar-refractivity contribution < 1.29 is 9.53 Å². The Morgan fingerprint density at radius 1 is 1.00 bits per heavy atom. The van der Waals surface area contributed by atoms with Crippen LogP contribution in [0.5, 0.6) is 0 Å². The van der Waals surface area contributed by atoms with Gasteiger partial charge in [0.25, 0.3) is 0 Å². The molecule has 2 aromatic rings. The Morgan fingerprint density at radius 2 is 1.64 bits per heavy atom. The van der Waals surface area contributed by atoms with Gasteiger partial charge in [0.15, 0.2) is 5.43 Å². The number of ether oxygens (including phenoxy) is 1. The van der Waals surface area contributed by atoms with Crippen LogP contribution in [0.3, 0.4) is 0 Å². The van der Waals surface area contributed by atoms with E-state index in [0.717, 1.165) is 40.8 Å². The van der Waals surface area contributed by atoms with Gasteiger partial charge in [-0.2, -0.15) is 0 Å². The topological polar surface area (TPSA) is 68.9 Å². The van der Waals surface area contributed by atoms with Crippen LogP contribution in [0, 0.1) is 13.8 Å². The minimum Gasteiger partial charge on any atom is -0.378 e. The Hall–Kier alpha value is -2.38. The smallest absolute Gasteiger partial charge is 0.320 e. The summed E-state index contributed by atoms with van der Waals surface area (Å²) in [5.74, 6) is 0. The highest BCUT2D eigenvalue weighted by Gasteiger charge is 2.26. The van der Waals surface area contributed by atoms with Gasteiger partial charge in [-0.05, 0) is 25.0 Å². The van der Waals surface area contributed by atoms with E-state index < -0.39 is 0 Å². The van der Waals surface area contributed by atoms with Crippen molar-refractivity contribution in [1.29, 1.82) is 0 Å². The van der Waals surface area contributed by atoms with Crippen molar-refractivity contribution in [3.05, 3.63) is 45.2 Å². The van der Waals surface area contributed by atoms with Gasteiger partial charge < -0.3 is 19.5 Å². The van der Waals surface area contributed by atoms with Gasteiger partial charge in [-0.1, -0.05) is 12.1 Å². The lowest BCUT2D eigenvalue weighted by Gasteiger charge is -2.38. The Labute approximate surface area is 164 Å². The van der Waals surface area contributed by atoms with Crippen molar-refractivity contribution in [2.75, 3.05) is 52.5 Å². The fraction of sp³-hybridized carbons (Fsp3) is 0.524. The van der Waals surface area contributed by atoms with Gasteiger partial charge in [0, 0.05) is 63.0 Å². The number of carbonyl (C=O) groups excluding carboxylic acids is 1. The molecule has 3 heterocycles. The fourth-order valence-electron chi connectivity index (χ4n) is 4.09. The number of H-pyrrole nitrogens is 1. The fourth-order valence-corrected chi connectivity index (χ4v) is 4.09. The molecule has 7 heteroatoms. The molecule has 0 unspecified atom stereocenters. The van der Waals surface area contributed by atoms with Crippen molar-refractivity contribution in [2.24, 2.45) is 0 Å². The summed E-state index contributed by atoms with van der Waals surface area (Å²) in [7, 11) is 0. The lowest BCUT2D eigenvalue weighted by molar-refractivity contribution is 0.0372. The minimum absolute atomic E-state index is 0.0751. The molecule has 0 aliphatic carbocycles. The molecule has 2 fully saturated rings. The number of amides is 2. The van der Waals surface area contributed by atoms with Gasteiger partial charge in [0.2, 0.25) is 0 Å². The van der Waals surface area contributed by atoms with E-state index in [1.54, 1.807) is 6.07 Å². The van der Waals surface area contributed by atoms with E-state index in [2.05, 4.69) is 9.88 Å². The summed E-state index contributed by atoms with van der Waals surface area (Å²) < 4.78 is 5.33. The number of nitrogens with zero attached hydrogens (tertiary/aromatic N) is 3. The van der Waals surface area contributed by atoms with Gasteiger partial charge in [0.1, 0.15) is 0 Å². The summed E-state index contributed by atoms with van der Waals surface area (Å²) in [5, 5.41) is 0.782. The Kier molecular flexibility index (Phi) is 5.37. The van der Waals surface area contributed by atoms with E-state index in [1.165, 1.54) is 0 Å². The molecule has 2 saturated heterocycles. The van der Waals surface area contributed by atoms with Crippen LogP contribution < -0.4 is 5.43 Å². The van der Waals surface area contributed by atoms with Crippen LogP contribution in [0.25, 0.3) is 10.9 Å². The van der Waals surface area contributed by atoms with Gasteiger partial charge >= 0.3 is 6.03 Å². The van der Waals surface area contributed by atoms with Gasteiger partial charge in [-0.3, -0.25) is 9.69 Å². The molecule has 7 nitrogen and oxygen atoms in total. The van der Waals surface area contributed by atoms with Crippen molar-refractivity contribution >= 4 is 16.9 Å². The van der Waals surface area contributed by atoms with Gasteiger partial charge in [-0.25, -0.2) is 4.79 Å². The number of hydrogen-bond acceptors (Lipinski definition) is 4. The van der Waals surface area contributed by atoms with Crippen LogP contribution in [-0.2, 0) is 11.3 Å². The number of nitrogens with one attached hydrogen (secondary N) is 1. The number of piperazine rings is 1. The highest BCUT2D eigenvalue weighted by Crippen LogP contribution is 2.18. The van der Waals surface area contributed by atoms with Crippen LogP contribution >= 0.6 is 0 Å². The number of rotatable bonds is 2. The molecule has 0 atom stereocenters. The van der Waals surface area contributed by atoms with Gasteiger partial charge in [0.05, 0.1) is 18.7 Å². The van der Waals surface area contributed by atoms with E-state index in [9.17, 15) is 9.59 Å². The second-order valence-corrected chi connectivity index (χ2v) is 7.75. The molecule has 2 aliphatic rings. The number of carbonyl (C=O) groups is 1. The maximum Gasteiger partial charge on any atom is 0.320 e. The first-order valence-electron chi connectivity index (χ1n) is 9.99. The molecule has 0 bridgehead atoms. The van der Waals surface area contributed by atoms with Crippen molar-refractivity contribution in [2.45, 2.75) is 20.4 Å². The molecule has 0 radical (unpaired) electrons. The number of aryl methyl sites for hydroxylation is 2.